The predicted molar refractivity (Wildman–Crippen MR) is 80.7 cm³/mol. The van der Waals surface area contributed by atoms with Crippen LogP contribution in [0.1, 0.15) is 18.1 Å². The number of nitrogens with one attached hydrogen (secondary N) is 2. The standard InChI is InChI=1S/C15H24FN3O/c1-4-20-10-9-19-15(17-3)18-8-7-13-5-6-14(16)11-12(13)2/h5-6,11H,4,7-10H2,1-3H3,(H2,17,18,19). The second-order valence-electron chi connectivity index (χ2n) is 4.44. The van der Waals surface area contributed by atoms with Crippen LogP contribution in [0.3, 0.4) is 0 Å². The summed E-state index contributed by atoms with van der Waals surface area (Å²) < 4.78 is 18.2. The van der Waals surface area contributed by atoms with Gasteiger partial charge in [0.2, 0.25) is 0 Å². The van der Waals surface area contributed by atoms with Crippen molar-refractivity contribution in [3.63, 3.8) is 0 Å². The van der Waals surface area contributed by atoms with Crippen molar-refractivity contribution in [1.82, 2.24) is 10.6 Å². The van der Waals surface area contributed by atoms with E-state index in [0.717, 1.165) is 43.2 Å². The molecule has 5 heteroatoms. The highest BCUT2D eigenvalue weighted by Gasteiger charge is 2.01. The SMILES string of the molecule is CCOCCNC(=NC)NCCc1ccc(F)cc1C. The maximum atomic E-state index is 13.0. The summed E-state index contributed by atoms with van der Waals surface area (Å²) in [6.07, 6.45) is 0.832. The summed E-state index contributed by atoms with van der Waals surface area (Å²) in [7, 11) is 1.74. The lowest BCUT2D eigenvalue weighted by atomic mass is 10.1. The van der Waals surface area contributed by atoms with Crippen molar-refractivity contribution in [1.29, 1.82) is 0 Å². The molecular formula is C15H24FN3O. The maximum absolute atomic E-state index is 13.0. The Bertz CT molecular complexity index is 435. The summed E-state index contributed by atoms with van der Waals surface area (Å²) in [6, 6.07) is 4.89. The molecule has 0 aromatic heterocycles. The second-order valence-corrected chi connectivity index (χ2v) is 4.44. The van der Waals surface area contributed by atoms with Gasteiger partial charge in [-0.3, -0.25) is 4.99 Å². The fourth-order valence-corrected chi connectivity index (χ4v) is 1.86. The quantitative estimate of drug-likeness (QED) is 0.456. The summed E-state index contributed by atoms with van der Waals surface area (Å²) >= 11 is 0. The molecule has 0 heterocycles. The molecule has 0 aliphatic carbocycles. The number of guanidine groups is 1. The minimum Gasteiger partial charge on any atom is -0.380 e. The third-order valence-electron chi connectivity index (χ3n) is 2.96. The average Bonchev–Trinajstić information content (AvgIpc) is 2.43. The number of benzene rings is 1. The molecule has 1 rings (SSSR count). The van der Waals surface area contributed by atoms with Crippen LogP contribution in [0.2, 0.25) is 0 Å². The Balaban J connectivity index is 2.31. The number of aliphatic imine (C=N–C) groups is 1. The summed E-state index contributed by atoms with van der Waals surface area (Å²) in [4.78, 5) is 4.13. The zero-order valence-corrected chi connectivity index (χ0v) is 12.5. The molecule has 1 aromatic rings. The van der Waals surface area contributed by atoms with Crippen LogP contribution in [-0.4, -0.2) is 39.3 Å². The molecule has 0 saturated heterocycles. The monoisotopic (exact) mass is 281 g/mol. The van der Waals surface area contributed by atoms with Crippen LogP contribution >= 0.6 is 0 Å². The number of halogens is 1. The molecule has 4 nitrogen and oxygen atoms in total. The molecule has 0 aliphatic heterocycles. The molecular weight excluding hydrogens is 257 g/mol. The summed E-state index contributed by atoms with van der Waals surface area (Å²) in [5.41, 5.74) is 2.12. The zero-order valence-electron chi connectivity index (χ0n) is 12.5. The van der Waals surface area contributed by atoms with Gasteiger partial charge in [-0.25, -0.2) is 4.39 Å². The van der Waals surface area contributed by atoms with Gasteiger partial charge in [0.05, 0.1) is 6.61 Å². The Morgan fingerprint density at radius 3 is 2.70 bits per heavy atom. The van der Waals surface area contributed by atoms with Crippen LogP contribution in [0.25, 0.3) is 0 Å². The largest absolute Gasteiger partial charge is 0.380 e. The molecule has 0 atom stereocenters. The Labute approximate surface area is 120 Å². The Morgan fingerprint density at radius 2 is 2.05 bits per heavy atom. The van der Waals surface area contributed by atoms with Crippen molar-refractivity contribution in [3.8, 4) is 0 Å². The Morgan fingerprint density at radius 1 is 1.30 bits per heavy atom. The molecule has 0 saturated carbocycles. The third kappa shape index (κ3) is 6.02. The lowest BCUT2D eigenvalue weighted by molar-refractivity contribution is 0.152. The first-order valence-corrected chi connectivity index (χ1v) is 6.94. The van der Waals surface area contributed by atoms with Crippen LogP contribution < -0.4 is 10.6 Å². The fourth-order valence-electron chi connectivity index (χ4n) is 1.86. The topological polar surface area (TPSA) is 45.6 Å². The van der Waals surface area contributed by atoms with Crippen molar-refractivity contribution < 1.29 is 9.13 Å². The molecule has 0 unspecified atom stereocenters. The predicted octanol–water partition coefficient (Wildman–Crippen LogP) is 1.88. The first-order chi connectivity index (χ1) is 9.67. The van der Waals surface area contributed by atoms with E-state index in [1.165, 1.54) is 6.07 Å². The minimum absolute atomic E-state index is 0.187. The third-order valence-corrected chi connectivity index (χ3v) is 2.96. The van der Waals surface area contributed by atoms with Crippen molar-refractivity contribution in [2.45, 2.75) is 20.3 Å². The van der Waals surface area contributed by atoms with Gasteiger partial charge in [0.25, 0.3) is 0 Å². The van der Waals surface area contributed by atoms with Crippen LogP contribution in [0, 0.1) is 12.7 Å². The molecule has 0 spiro atoms. The maximum Gasteiger partial charge on any atom is 0.191 e. The van der Waals surface area contributed by atoms with E-state index in [1.54, 1.807) is 13.1 Å². The summed E-state index contributed by atoms with van der Waals surface area (Å²) in [5, 5.41) is 6.39. The summed E-state index contributed by atoms with van der Waals surface area (Å²) in [5.74, 6) is 0.567. The molecule has 0 amide bonds. The number of rotatable bonds is 7. The van der Waals surface area contributed by atoms with Crippen molar-refractivity contribution >= 4 is 5.96 Å². The van der Waals surface area contributed by atoms with Crippen molar-refractivity contribution in [3.05, 3.63) is 35.1 Å². The minimum atomic E-state index is -0.187. The van der Waals surface area contributed by atoms with Gasteiger partial charge >= 0.3 is 0 Å². The number of hydrogen-bond acceptors (Lipinski definition) is 2. The highest BCUT2D eigenvalue weighted by molar-refractivity contribution is 5.79. The van der Waals surface area contributed by atoms with Gasteiger partial charge < -0.3 is 15.4 Å². The molecule has 1 aromatic carbocycles. The molecule has 20 heavy (non-hydrogen) atoms. The lowest BCUT2D eigenvalue weighted by Gasteiger charge is -2.12. The van der Waals surface area contributed by atoms with Gasteiger partial charge in [-0.05, 0) is 43.5 Å². The molecule has 112 valence electrons. The van der Waals surface area contributed by atoms with Crippen LogP contribution in [0.4, 0.5) is 4.39 Å². The van der Waals surface area contributed by atoms with Gasteiger partial charge in [-0.2, -0.15) is 0 Å². The summed E-state index contributed by atoms with van der Waals surface area (Å²) in [6.45, 7) is 6.75. The highest BCUT2D eigenvalue weighted by atomic mass is 19.1. The van der Waals surface area contributed by atoms with Crippen LogP contribution in [0.5, 0.6) is 0 Å². The first-order valence-electron chi connectivity index (χ1n) is 6.94. The Kier molecular flexibility index (Phi) is 7.65. The van der Waals surface area contributed by atoms with E-state index in [4.69, 9.17) is 4.74 Å². The molecule has 0 radical (unpaired) electrons. The van der Waals surface area contributed by atoms with Gasteiger partial charge in [-0.1, -0.05) is 6.07 Å². The van der Waals surface area contributed by atoms with E-state index < -0.39 is 0 Å². The molecule has 0 aliphatic rings. The van der Waals surface area contributed by atoms with E-state index in [1.807, 2.05) is 19.9 Å². The highest BCUT2D eigenvalue weighted by Crippen LogP contribution is 2.10. The molecule has 2 N–H and O–H groups in total. The van der Waals surface area contributed by atoms with Crippen LogP contribution in [-0.2, 0) is 11.2 Å². The van der Waals surface area contributed by atoms with Gasteiger partial charge in [0, 0.05) is 26.7 Å². The lowest BCUT2D eigenvalue weighted by Crippen LogP contribution is -2.39. The van der Waals surface area contributed by atoms with E-state index >= 15 is 0 Å². The average molecular weight is 281 g/mol. The van der Waals surface area contributed by atoms with E-state index in [-0.39, 0.29) is 5.82 Å². The fraction of sp³-hybridized carbons (Fsp3) is 0.533. The van der Waals surface area contributed by atoms with E-state index in [2.05, 4.69) is 15.6 Å². The number of nitrogens with zero attached hydrogens (tertiary/aromatic N) is 1. The first kappa shape index (κ1) is 16.4. The molecule has 0 bridgehead atoms. The smallest absolute Gasteiger partial charge is 0.191 e. The van der Waals surface area contributed by atoms with Crippen molar-refractivity contribution in [2.24, 2.45) is 4.99 Å². The van der Waals surface area contributed by atoms with Crippen LogP contribution in [0.15, 0.2) is 23.2 Å². The molecule has 0 fully saturated rings. The van der Waals surface area contributed by atoms with E-state index in [9.17, 15) is 4.39 Å². The van der Waals surface area contributed by atoms with Crippen molar-refractivity contribution in [2.75, 3.05) is 33.4 Å². The van der Waals surface area contributed by atoms with E-state index in [0.29, 0.717) is 6.61 Å². The zero-order chi connectivity index (χ0) is 14.8. The van der Waals surface area contributed by atoms with Gasteiger partial charge in [0.1, 0.15) is 5.82 Å². The number of hydrogen-bond donors (Lipinski definition) is 2. The number of aryl methyl sites for hydroxylation is 1. The number of ether oxygens (including phenoxy) is 1. The van der Waals surface area contributed by atoms with Gasteiger partial charge in [0.15, 0.2) is 5.96 Å². The Hall–Kier alpha value is -1.62. The second kappa shape index (κ2) is 9.31. The van der Waals surface area contributed by atoms with Gasteiger partial charge in [-0.15, -0.1) is 0 Å². The normalized spacial score (nSPS) is 11.5.